The van der Waals surface area contributed by atoms with E-state index in [9.17, 15) is 0 Å². The van der Waals surface area contributed by atoms with Crippen molar-refractivity contribution in [1.82, 2.24) is 9.97 Å². The zero-order valence-corrected chi connectivity index (χ0v) is 15.9. The molecule has 1 heterocycles. The number of ether oxygens (including phenoxy) is 1. The number of nitrogens with zero attached hydrogens (tertiary/aromatic N) is 2. The van der Waals surface area contributed by atoms with Crippen LogP contribution in [0.2, 0.25) is 0 Å². The fourth-order valence-electron chi connectivity index (χ4n) is 3.05. The lowest BCUT2D eigenvalue weighted by Crippen LogP contribution is -2.07. The second kappa shape index (κ2) is 9.76. The molecule has 0 aliphatic heterocycles. The quantitative estimate of drug-likeness (QED) is 0.398. The first-order valence-corrected chi connectivity index (χ1v) is 9.72. The van der Waals surface area contributed by atoms with Crippen molar-refractivity contribution in [2.24, 2.45) is 0 Å². The van der Waals surface area contributed by atoms with Gasteiger partial charge < -0.3 is 15.8 Å². The van der Waals surface area contributed by atoms with Crippen molar-refractivity contribution < 1.29 is 4.74 Å². The number of fused-ring (bicyclic) bond motifs is 1. The number of nitrogens with two attached hydrogens (primary N) is 1. The summed E-state index contributed by atoms with van der Waals surface area (Å²) < 4.78 is 5.87. The maximum Gasteiger partial charge on any atom is 0.137 e. The van der Waals surface area contributed by atoms with Crippen LogP contribution in [-0.2, 0) is 6.42 Å². The molecular formula is C22H28N4O. The Kier molecular flexibility index (Phi) is 6.85. The number of nitrogen functional groups attached to an aromatic ring is 1. The predicted molar refractivity (Wildman–Crippen MR) is 112 cm³/mol. The maximum atomic E-state index is 5.90. The van der Waals surface area contributed by atoms with Crippen LogP contribution in [0.5, 0.6) is 5.75 Å². The van der Waals surface area contributed by atoms with E-state index in [0.717, 1.165) is 48.5 Å². The van der Waals surface area contributed by atoms with Gasteiger partial charge in [-0.05, 0) is 48.7 Å². The zero-order valence-electron chi connectivity index (χ0n) is 15.9. The maximum absolute atomic E-state index is 5.90. The van der Waals surface area contributed by atoms with Gasteiger partial charge in [0.1, 0.15) is 17.9 Å². The van der Waals surface area contributed by atoms with E-state index in [4.69, 9.17) is 10.5 Å². The van der Waals surface area contributed by atoms with Crippen LogP contribution >= 0.6 is 0 Å². The van der Waals surface area contributed by atoms with Crippen LogP contribution < -0.4 is 15.8 Å². The van der Waals surface area contributed by atoms with Gasteiger partial charge in [0.25, 0.3) is 0 Å². The molecule has 27 heavy (non-hydrogen) atoms. The average Bonchev–Trinajstić information content (AvgIpc) is 2.68. The molecule has 0 aliphatic rings. The number of rotatable bonds is 10. The van der Waals surface area contributed by atoms with E-state index in [1.54, 1.807) is 6.33 Å². The molecule has 2 aromatic carbocycles. The third-order valence-corrected chi connectivity index (χ3v) is 4.53. The lowest BCUT2D eigenvalue weighted by atomic mass is 10.1. The Balaban J connectivity index is 1.53. The Labute approximate surface area is 161 Å². The van der Waals surface area contributed by atoms with Gasteiger partial charge in [0, 0.05) is 17.6 Å². The normalized spacial score (nSPS) is 10.9. The van der Waals surface area contributed by atoms with Crippen molar-refractivity contribution in [3.63, 3.8) is 0 Å². The second-order valence-electron chi connectivity index (χ2n) is 6.73. The van der Waals surface area contributed by atoms with E-state index in [2.05, 4.69) is 40.4 Å². The molecule has 3 rings (SSSR count). The van der Waals surface area contributed by atoms with Gasteiger partial charge in [-0.15, -0.1) is 0 Å². The first-order chi connectivity index (χ1) is 13.3. The summed E-state index contributed by atoms with van der Waals surface area (Å²) >= 11 is 0. The molecule has 0 bridgehead atoms. The van der Waals surface area contributed by atoms with E-state index in [1.807, 2.05) is 24.3 Å². The largest absolute Gasteiger partial charge is 0.494 e. The van der Waals surface area contributed by atoms with E-state index in [0.29, 0.717) is 5.69 Å². The lowest BCUT2D eigenvalue weighted by molar-refractivity contribution is 0.305. The zero-order chi connectivity index (χ0) is 18.9. The molecule has 5 heteroatoms. The van der Waals surface area contributed by atoms with Crippen LogP contribution in [0.4, 0.5) is 11.5 Å². The van der Waals surface area contributed by atoms with Gasteiger partial charge in [-0.3, -0.25) is 0 Å². The molecule has 0 saturated carbocycles. The molecule has 0 radical (unpaired) electrons. The fraction of sp³-hybridized carbons (Fsp3) is 0.364. The second-order valence-corrected chi connectivity index (χ2v) is 6.73. The van der Waals surface area contributed by atoms with Gasteiger partial charge in [-0.1, -0.05) is 38.3 Å². The third-order valence-electron chi connectivity index (χ3n) is 4.53. The molecule has 5 nitrogen and oxygen atoms in total. The van der Waals surface area contributed by atoms with Crippen LogP contribution in [-0.4, -0.2) is 23.1 Å². The minimum atomic E-state index is 0.712. The topological polar surface area (TPSA) is 73.1 Å². The molecular weight excluding hydrogens is 336 g/mol. The van der Waals surface area contributed by atoms with Crippen LogP contribution in [0, 0.1) is 0 Å². The Morgan fingerprint density at radius 2 is 1.96 bits per heavy atom. The van der Waals surface area contributed by atoms with Gasteiger partial charge in [-0.25, -0.2) is 9.97 Å². The van der Waals surface area contributed by atoms with E-state index < -0.39 is 0 Å². The van der Waals surface area contributed by atoms with Crippen LogP contribution in [0.1, 0.15) is 38.2 Å². The summed E-state index contributed by atoms with van der Waals surface area (Å²) in [6, 6.07) is 14.0. The van der Waals surface area contributed by atoms with Gasteiger partial charge in [0.05, 0.1) is 12.1 Å². The highest BCUT2D eigenvalue weighted by Crippen LogP contribution is 2.22. The number of nitrogens with one attached hydrogen (secondary N) is 1. The SMILES string of the molecule is CCCCCCOc1cccc(CCNc2ncnc3ccc(N)cc23)c1. The van der Waals surface area contributed by atoms with Crippen LogP contribution in [0.15, 0.2) is 48.8 Å². The van der Waals surface area contributed by atoms with Crippen LogP contribution in [0.3, 0.4) is 0 Å². The molecule has 0 fully saturated rings. The third kappa shape index (κ3) is 5.58. The Morgan fingerprint density at radius 1 is 1.04 bits per heavy atom. The summed E-state index contributed by atoms with van der Waals surface area (Å²) in [5, 5.41) is 4.35. The lowest BCUT2D eigenvalue weighted by Gasteiger charge is -2.10. The van der Waals surface area contributed by atoms with Gasteiger partial charge in [0.2, 0.25) is 0 Å². The van der Waals surface area contributed by atoms with Crippen molar-refractivity contribution in [3.05, 3.63) is 54.4 Å². The number of unbranched alkanes of at least 4 members (excludes halogenated alkanes) is 3. The highest BCUT2D eigenvalue weighted by molar-refractivity contribution is 5.91. The summed E-state index contributed by atoms with van der Waals surface area (Å²) in [5.41, 5.74) is 8.74. The monoisotopic (exact) mass is 364 g/mol. The van der Waals surface area contributed by atoms with Gasteiger partial charge >= 0.3 is 0 Å². The standard InChI is InChI=1S/C22H28N4O/c1-2-3-4-5-13-27-19-8-6-7-17(14-19)11-12-24-22-20-15-18(23)9-10-21(20)25-16-26-22/h6-10,14-16H,2-5,11-13,23H2,1H3,(H,24,25,26). The molecule has 3 aromatic rings. The molecule has 0 spiro atoms. The number of benzene rings is 2. The summed E-state index contributed by atoms with van der Waals surface area (Å²) in [7, 11) is 0. The molecule has 0 amide bonds. The Bertz CT molecular complexity index is 866. The van der Waals surface area contributed by atoms with Gasteiger partial charge in [0.15, 0.2) is 0 Å². The first kappa shape index (κ1) is 19.0. The Morgan fingerprint density at radius 3 is 2.85 bits per heavy atom. The summed E-state index contributed by atoms with van der Waals surface area (Å²) in [4.78, 5) is 8.64. The molecule has 142 valence electrons. The minimum absolute atomic E-state index is 0.712. The van der Waals surface area contributed by atoms with Crippen molar-refractivity contribution in [2.75, 3.05) is 24.2 Å². The molecule has 0 atom stereocenters. The summed E-state index contributed by atoms with van der Waals surface area (Å²) in [6.07, 6.45) is 7.34. The number of anilines is 2. The molecule has 0 saturated heterocycles. The van der Waals surface area contributed by atoms with E-state index in [1.165, 1.54) is 24.8 Å². The number of hydrogen-bond acceptors (Lipinski definition) is 5. The highest BCUT2D eigenvalue weighted by atomic mass is 16.5. The minimum Gasteiger partial charge on any atom is -0.494 e. The summed E-state index contributed by atoms with van der Waals surface area (Å²) in [6.45, 7) is 3.79. The molecule has 0 unspecified atom stereocenters. The Hall–Kier alpha value is -2.82. The highest BCUT2D eigenvalue weighted by Gasteiger charge is 2.04. The van der Waals surface area contributed by atoms with Crippen molar-refractivity contribution in [2.45, 2.75) is 39.0 Å². The summed E-state index contributed by atoms with van der Waals surface area (Å²) in [5.74, 6) is 1.76. The number of hydrogen-bond donors (Lipinski definition) is 2. The molecule has 3 N–H and O–H groups in total. The van der Waals surface area contributed by atoms with Gasteiger partial charge in [-0.2, -0.15) is 0 Å². The van der Waals surface area contributed by atoms with E-state index >= 15 is 0 Å². The number of aromatic nitrogens is 2. The predicted octanol–water partition coefficient (Wildman–Crippen LogP) is 4.83. The van der Waals surface area contributed by atoms with E-state index in [-0.39, 0.29) is 0 Å². The fourth-order valence-corrected chi connectivity index (χ4v) is 3.05. The van der Waals surface area contributed by atoms with Crippen molar-refractivity contribution in [1.29, 1.82) is 0 Å². The van der Waals surface area contributed by atoms with Crippen molar-refractivity contribution >= 4 is 22.4 Å². The first-order valence-electron chi connectivity index (χ1n) is 9.72. The molecule has 0 aliphatic carbocycles. The smallest absolute Gasteiger partial charge is 0.137 e. The average molecular weight is 364 g/mol. The van der Waals surface area contributed by atoms with Crippen molar-refractivity contribution in [3.8, 4) is 5.75 Å². The molecule has 1 aromatic heterocycles. The van der Waals surface area contributed by atoms with Crippen LogP contribution in [0.25, 0.3) is 10.9 Å².